The highest BCUT2D eigenvalue weighted by atomic mass is 32.2. The summed E-state index contributed by atoms with van der Waals surface area (Å²) < 4.78 is 26.9. The van der Waals surface area contributed by atoms with E-state index in [0.29, 0.717) is 0 Å². The molecule has 110 valence electrons. The van der Waals surface area contributed by atoms with Crippen molar-refractivity contribution in [3.8, 4) is 5.75 Å². The van der Waals surface area contributed by atoms with E-state index in [1.54, 1.807) is 6.08 Å². The molecule has 0 heterocycles. The van der Waals surface area contributed by atoms with Gasteiger partial charge >= 0.3 is 0 Å². The van der Waals surface area contributed by atoms with Crippen LogP contribution in [-0.2, 0) is 10.0 Å². The maximum Gasteiger partial charge on any atom is 0.243 e. The van der Waals surface area contributed by atoms with E-state index in [4.69, 9.17) is 5.73 Å². The van der Waals surface area contributed by atoms with Gasteiger partial charge in [0.25, 0.3) is 0 Å². The summed E-state index contributed by atoms with van der Waals surface area (Å²) in [6, 6.07) is 4.01. The Bertz CT molecular complexity index is 592. The Hall–Kier alpha value is -1.53. The summed E-state index contributed by atoms with van der Waals surface area (Å²) in [7, 11) is -3.61. The molecule has 1 aromatic carbocycles. The van der Waals surface area contributed by atoms with E-state index in [1.807, 2.05) is 0 Å². The van der Waals surface area contributed by atoms with Crippen LogP contribution in [0.1, 0.15) is 25.7 Å². The summed E-state index contributed by atoms with van der Waals surface area (Å²) in [5, 5.41) is 9.41. The van der Waals surface area contributed by atoms with Gasteiger partial charge in [-0.15, -0.1) is 6.58 Å². The average Bonchev–Trinajstić information content (AvgIpc) is 2.92. The molecule has 1 aliphatic carbocycles. The normalized spacial score (nSPS) is 16.6. The van der Waals surface area contributed by atoms with Gasteiger partial charge < -0.3 is 10.8 Å². The van der Waals surface area contributed by atoms with Crippen molar-refractivity contribution in [3.63, 3.8) is 0 Å². The molecule has 0 amide bonds. The number of sulfonamides is 1. The van der Waals surface area contributed by atoms with E-state index in [-0.39, 0.29) is 28.9 Å². The number of nitrogens with zero attached hydrogens (tertiary/aromatic N) is 1. The zero-order chi connectivity index (χ0) is 14.8. The first-order valence-corrected chi connectivity index (χ1v) is 8.12. The van der Waals surface area contributed by atoms with Crippen molar-refractivity contribution in [1.82, 2.24) is 4.31 Å². The van der Waals surface area contributed by atoms with Crippen LogP contribution in [0.5, 0.6) is 5.75 Å². The van der Waals surface area contributed by atoms with Crippen LogP contribution in [0.4, 0.5) is 5.69 Å². The molecule has 0 aromatic heterocycles. The molecular formula is C14H20N2O3S. The van der Waals surface area contributed by atoms with Crippen LogP contribution in [0.3, 0.4) is 0 Å². The molecule has 0 radical (unpaired) electrons. The van der Waals surface area contributed by atoms with Crippen LogP contribution in [-0.4, -0.2) is 30.4 Å². The standard InChI is InChI=1S/C14H20N2O3S/c1-2-9-16(11-5-3-4-6-11)20(18,19)12-7-8-14(17)13(15)10-12/h2,7-8,10-11,17H,1,3-6,9,15H2. The molecule has 20 heavy (non-hydrogen) atoms. The Morgan fingerprint density at radius 1 is 1.40 bits per heavy atom. The van der Waals surface area contributed by atoms with Crippen LogP contribution in [0.2, 0.25) is 0 Å². The summed E-state index contributed by atoms with van der Waals surface area (Å²) in [5.41, 5.74) is 5.66. The fourth-order valence-corrected chi connectivity index (χ4v) is 4.28. The van der Waals surface area contributed by atoms with Gasteiger partial charge in [-0.2, -0.15) is 4.31 Å². The van der Waals surface area contributed by atoms with Crippen LogP contribution < -0.4 is 5.73 Å². The highest BCUT2D eigenvalue weighted by Gasteiger charge is 2.32. The monoisotopic (exact) mass is 296 g/mol. The molecule has 5 nitrogen and oxygen atoms in total. The number of nitrogens with two attached hydrogens (primary N) is 1. The SMILES string of the molecule is C=CCN(C1CCCC1)S(=O)(=O)c1ccc(O)c(N)c1. The first-order chi connectivity index (χ1) is 9.46. The van der Waals surface area contributed by atoms with Gasteiger partial charge in [0.1, 0.15) is 5.75 Å². The van der Waals surface area contributed by atoms with Crippen LogP contribution >= 0.6 is 0 Å². The van der Waals surface area contributed by atoms with Gasteiger partial charge in [0.05, 0.1) is 10.6 Å². The number of anilines is 1. The van der Waals surface area contributed by atoms with Gasteiger partial charge in [0.15, 0.2) is 0 Å². The zero-order valence-electron chi connectivity index (χ0n) is 11.3. The van der Waals surface area contributed by atoms with Gasteiger partial charge in [0.2, 0.25) is 10.0 Å². The number of nitrogen functional groups attached to an aromatic ring is 1. The molecule has 1 fully saturated rings. The lowest BCUT2D eigenvalue weighted by atomic mass is 10.2. The van der Waals surface area contributed by atoms with Crippen molar-refractivity contribution < 1.29 is 13.5 Å². The predicted octanol–water partition coefficient (Wildman–Crippen LogP) is 2.09. The summed E-state index contributed by atoms with van der Waals surface area (Å²) in [4.78, 5) is 0.113. The minimum absolute atomic E-state index is 0.0213. The minimum Gasteiger partial charge on any atom is -0.506 e. The van der Waals surface area contributed by atoms with Gasteiger partial charge in [-0.3, -0.25) is 0 Å². The van der Waals surface area contributed by atoms with Crippen molar-refractivity contribution in [2.24, 2.45) is 0 Å². The van der Waals surface area contributed by atoms with Gasteiger partial charge in [-0.05, 0) is 31.0 Å². The molecule has 6 heteroatoms. The number of phenolic OH excluding ortho intramolecular Hbond substituents is 1. The average molecular weight is 296 g/mol. The molecule has 1 aromatic rings. The third-order valence-electron chi connectivity index (χ3n) is 3.65. The molecule has 1 saturated carbocycles. The zero-order valence-corrected chi connectivity index (χ0v) is 12.1. The highest BCUT2D eigenvalue weighted by Crippen LogP contribution is 2.30. The minimum atomic E-state index is -3.61. The smallest absolute Gasteiger partial charge is 0.243 e. The van der Waals surface area contributed by atoms with Crippen molar-refractivity contribution in [1.29, 1.82) is 0 Å². The lowest BCUT2D eigenvalue weighted by Gasteiger charge is -2.27. The van der Waals surface area contributed by atoms with E-state index < -0.39 is 10.0 Å². The van der Waals surface area contributed by atoms with E-state index in [9.17, 15) is 13.5 Å². The number of rotatable bonds is 5. The molecular weight excluding hydrogens is 276 g/mol. The molecule has 0 atom stereocenters. The summed E-state index contributed by atoms with van der Waals surface area (Å²) >= 11 is 0. The molecule has 1 aliphatic rings. The molecule has 0 aliphatic heterocycles. The number of benzene rings is 1. The topological polar surface area (TPSA) is 83.6 Å². The van der Waals surface area contributed by atoms with Crippen molar-refractivity contribution in [2.45, 2.75) is 36.6 Å². The van der Waals surface area contributed by atoms with Crippen LogP contribution in [0, 0.1) is 0 Å². The first-order valence-electron chi connectivity index (χ1n) is 6.68. The molecule has 0 spiro atoms. The molecule has 0 bridgehead atoms. The fourth-order valence-electron chi connectivity index (χ4n) is 2.59. The van der Waals surface area contributed by atoms with E-state index in [1.165, 1.54) is 22.5 Å². The second kappa shape index (κ2) is 5.85. The summed E-state index contributed by atoms with van der Waals surface area (Å²) in [6.07, 6.45) is 5.44. The summed E-state index contributed by atoms with van der Waals surface area (Å²) in [5.74, 6) is -0.111. The van der Waals surface area contributed by atoms with Gasteiger partial charge in [0, 0.05) is 12.6 Å². The van der Waals surface area contributed by atoms with Crippen LogP contribution in [0.15, 0.2) is 35.7 Å². The van der Waals surface area contributed by atoms with Crippen molar-refractivity contribution in [2.75, 3.05) is 12.3 Å². The van der Waals surface area contributed by atoms with E-state index in [0.717, 1.165) is 25.7 Å². The molecule has 0 unspecified atom stereocenters. The lowest BCUT2D eigenvalue weighted by molar-refractivity contribution is 0.347. The molecule has 2 rings (SSSR count). The fraction of sp³-hybridized carbons (Fsp3) is 0.429. The molecule has 3 N–H and O–H groups in total. The number of phenols is 1. The lowest BCUT2D eigenvalue weighted by Crippen LogP contribution is -2.38. The van der Waals surface area contributed by atoms with Crippen LogP contribution in [0.25, 0.3) is 0 Å². The molecule has 0 saturated heterocycles. The Labute approximate surface area is 119 Å². The summed E-state index contributed by atoms with van der Waals surface area (Å²) in [6.45, 7) is 3.93. The Morgan fingerprint density at radius 3 is 2.60 bits per heavy atom. The maximum atomic E-state index is 12.7. The van der Waals surface area contributed by atoms with Gasteiger partial charge in [-0.1, -0.05) is 18.9 Å². The Morgan fingerprint density at radius 2 is 2.05 bits per heavy atom. The van der Waals surface area contributed by atoms with E-state index in [2.05, 4.69) is 6.58 Å². The number of hydrogen-bond acceptors (Lipinski definition) is 4. The number of aromatic hydroxyl groups is 1. The quantitative estimate of drug-likeness (QED) is 0.495. The van der Waals surface area contributed by atoms with Gasteiger partial charge in [-0.25, -0.2) is 8.42 Å². The second-order valence-electron chi connectivity index (χ2n) is 5.02. The third kappa shape index (κ3) is 2.81. The largest absolute Gasteiger partial charge is 0.506 e. The maximum absolute atomic E-state index is 12.7. The number of hydrogen-bond donors (Lipinski definition) is 2. The Balaban J connectivity index is 2.38. The second-order valence-corrected chi connectivity index (χ2v) is 6.91. The highest BCUT2D eigenvalue weighted by molar-refractivity contribution is 7.89. The third-order valence-corrected chi connectivity index (χ3v) is 5.56. The Kier molecular flexibility index (Phi) is 4.35. The predicted molar refractivity (Wildman–Crippen MR) is 78.9 cm³/mol. The first kappa shape index (κ1) is 14.9. The van der Waals surface area contributed by atoms with E-state index >= 15 is 0 Å². The van der Waals surface area contributed by atoms with Crippen molar-refractivity contribution in [3.05, 3.63) is 30.9 Å². The van der Waals surface area contributed by atoms with Crippen molar-refractivity contribution >= 4 is 15.7 Å².